The molecule has 1 aromatic rings. The normalized spacial score (nSPS) is 17.1. The molecule has 1 fully saturated rings. The first-order valence-electron chi connectivity index (χ1n) is 7.06. The second-order valence-corrected chi connectivity index (χ2v) is 6.99. The number of amides is 1. The summed E-state index contributed by atoms with van der Waals surface area (Å²) >= 11 is 0. The second-order valence-electron chi connectivity index (χ2n) is 5.49. The number of para-hydroxylation sites is 1. The fourth-order valence-corrected chi connectivity index (χ4v) is 4.02. The molecule has 4 nitrogen and oxygen atoms in total. The summed E-state index contributed by atoms with van der Waals surface area (Å²) < 4.78 is 12.0. The zero-order valence-corrected chi connectivity index (χ0v) is 12.7. The topological polar surface area (TPSA) is 72.2 Å². The van der Waals surface area contributed by atoms with Gasteiger partial charge in [-0.1, -0.05) is 25.0 Å². The molecular weight excluding hydrogens is 272 g/mol. The van der Waals surface area contributed by atoms with Crippen molar-refractivity contribution in [3.8, 4) is 0 Å². The first kappa shape index (κ1) is 15.0. The molecule has 2 rings (SSSR count). The highest BCUT2D eigenvalue weighted by Gasteiger charge is 2.19. The van der Waals surface area contributed by atoms with E-state index in [2.05, 4.69) is 5.32 Å². The van der Waals surface area contributed by atoms with Gasteiger partial charge in [-0.15, -0.1) is 0 Å². The predicted molar refractivity (Wildman–Crippen MR) is 84.1 cm³/mol. The summed E-state index contributed by atoms with van der Waals surface area (Å²) in [5.74, 6) is 1.02. The first-order valence-corrected chi connectivity index (χ1v) is 8.55. The number of carbonyl (C=O) groups excluding carboxylic acids is 1. The highest BCUT2D eigenvalue weighted by atomic mass is 32.2. The van der Waals surface area contributed by atoms with E-state index in [1.165, 1.54) is 12.8 Å². The number of aryl methyl sites for hydroxylation is 1. The number of nitrogens with two attached hydrogens (primary N) is 1. The van der Waals surface area contributed by atoms with Gasteiger partial charge in [0.05, 0.1) is 11.4 Å². The molecule has 1 amide bonds. The molecule has 1 unspecified atom stereocenters. The van der Waals surface area contributed by atoms with E-state index in [4.69, 9.17) is 5.73 Å². The molecule has 1 saturated carbocycles. The number of benzene rings is 1. The van der Waals surface area contributed by atoms with E-state index in [9.17, 15) is 9.00 Å². The zero-order chi connectivity index (χ0) is 14.5. The Hall–Kier alpha value is -1.36. The molecule has 5 heteroatoms. The Bertz CT molecular complexity index is 490. The van der Waals surface area contributed by atoms with Gasteiger partial charge in [-0.05, 0) is 37.3 Å². The van der Waals surface area contributed by atoms with E-state index < -0.39 is 10.8 Å². The maximum Gasteiger partial charge on any atom is 0.237 e. The van der Waals surface area contributed by atoms with Crippen LogP contribution in [0, 0.1) is 12.8 Å². The molecule has 1 aliphatic carbocycles. The minimum absolute atomic E-state index is 0.0598. The maximum absolute atomic E-state index is 12.0. The Morgan fingerprint density at radius 1 is 1.40 bits per heavy atom. The zero-order valence-electron chi connectivity index (χ0n) is 11.9. The predicted octanol–water partition coefficient (Wildman–Crippen LogP) is 2.45. The van der Waals surface area contributed by atoms with Gasteiger partial charge in [0.25, 0.3) is 0 Å². The van der Waals surface area contributed by atoms with Crippen molar-refractivity contribution in [3.05, 3.63) is 23.8 Å². The third-order valence-corrected chi connectivity index (χ3v) is 5.19. The summed E-state index contributed by atoms with van der Waals surface area (Å²) in [6.07, 6.45) is 4.76. The van der Waals surface area contributed by atoms with Crippen molar-refractivity contribution in [3.63, 3.8) is 0 Å². The number of hydrogen-bond donors (Lipinski definition) is 2. The standard InChI is InChI=1S/C15H22N2O2S/c1-11-5-4-8-13(16)15(11)17-14(18)10-20(19)9-12-6-2-3-7-12/h4-5,8,12H,2-3,6-7,9-10,16H2,1H3,(H,17,18). The summed E-state index contributed by atoms with van der Waals surface area (Å²) in [5.41, 5.74) is 7.93. The Balaban J connectivity index is 1.87. The Morgan fingerprint density at radius 3 is 2.75 bits per heavy atom. The molecule has 1 aliphatic rings. The second kappa shape index (κ2) is 6.88. The van der Waals surface area contributed by atoms with Gasteiger partial charge in [0, 0.05) is 16.6 Å². The van der Waals surface area contributed by atoms with Crippen LogP contribution in [0.4, 0.5) is 11.4 Å². The van der Waals surface area contributed by atoms with Gasteiger partial charge in [0.1, 0.15) is 5.75 Å². The third kappa shape index (κ3) is 4.07. The SMILES string of the molecule is Cc1cccc(N)c1NC(=O)CS(=O)CC1CCCC1. The van der Waals surface area contributed by atoms with Gasteiger partial charge in [0.2, 0.25) is 5.91 Å². The van der Waals surface area contributed by atoms with Gasteiger partial charge >= 0.3 is 0 Å². The van der Waals surface area contributed by atoms with Crippen LogP contribution in [0.1, 0.15) is 31.2 Å². The van der Waals surface area contributed by atoms with Crippen molar-refractivity contribution in [2.24, 2.45) is 5.92 Å². The van der Waals surface area contributed by atoms with Gasteiger partial charge < -0.3 is 11.1 Å². The summed E-state index contributed by atoms with van der Waals surface area (Å²) in [4.78, 5) is 11.9. The highest BCUT2D eigenvalue weighted by Crippen LogP contribution is 2.25. The van der Waals surface area contributed by atoms with Crippen molar-refractivity contribution >= 4 is 28.1 Å². The molecule has 1 aromatic carbocycles. The summed E-state index contributed by atoms with van der Waals surface area (Å²) in [6.45, 7) is 1.89. The monoisotopic (exact) mass is 294 g/mol. The van der Waals surface area contributed by atoms with Crippen molar-refractivity contribution in [2.45, 2.75) is 32.6 Å². The molecule has 1 atom stereocenters. The minimum Gasteiger partial charge on any atom is -0.397 e. The molecule has 0 aromatic heterocycles. The Kier molecular flexibility index (Phi) is 5.17. The van der Waals surface area contributed by atoms with Crippen LogP contribution in [-0.2, 0) is 15.6 Å². The van der Waals surface area contributed by atoms with Crippen molar-refractivity contribution in [1.82, 2.24) is 0 Å². The summed E-state index contributed by atoms with van der Waals surface area (Å²) in [7, 11) is -1.08. The summed E-state index contributed by atoms with van der Waals surface area (Å²) in [6, 6.07) is 5.48. The van der Waals surface area contributed by atoms with Crippen LogP contribution >= 0.6 is 0 Å². The van der Waals surface area contributed by atoms with E-state index in [-0.39, 0.29) is 11.7 Å². The average Bonchev–Trinajstić information content (AvgIpc) is 2.86. The smallest absolute Gasteiger partial charge is 0.237 e. The van der Waals surface area contributed by atoms with E-state index >= 15 is 0 Å². The van der Waals surface area contributed by atoms with Crippen LogP contribution < -0.4 is 11.1 Å². The average molecular weight is 294 g/mol. The third-order valence-electron chi connectivity index (χ3n) is 3.76. The minimum atomic E-state index is -1.08. The lowest BCUT2D eigenvalue weighted by molar-refractivity contribution is -0.113. The molecule has 0 spiro atoms. The van der Waals surface area contributed by atoms with Crippen LogP contribution in [0.25, 0.3) is 0 Å². The molecular formula is C15H22N2O2S. The summed E-state index contributed by atoms with van der Waals surface area (Å²) in [5, 5.41) is 2.78. The lowest BCUT2D eigenvalue weighted by Crippen LogP contribution is -2.23. The molecule has 20 heavy (non-hydrogen) atoms. The number of anilines is 2. The number of nitrogen functional groups attached to an aromatic ring is 1. The molecule has 0 aliphatic heterocycles. The number of nitrogens with one attached hydrogen (secondary N) is 1. The lowest BCUT2D eigenvalue weighted by Gasteiger charge is -2.12. The van der Waals surface area contributed by atoms with Crippen LogP contribution in [-0.4, -0.2) is 21.6 Å². The first-order chi connectivity index (χ1) is 9.56. The van der Waals surface area contributed by atoms with Gasteiger partial charge in [-0.25, -0.2) is 0 Å². The quantitative estimate of drug-likeness (QED) is 0.819. The van der Waals surface area contributed by atoms with Crippen LogP contribution in [0.15, 0.2) is 18.2 Å². The molecule has 3 N–H and O–H groups in total. The van der Waals surface area contributed by atoms with E-state index in [0.717, 1.165) is 18.4 Å². The highest BCUT2D eigenvalue weighted by molar-refractivity contribution is 7.85. The Morgan fingerprint density at radius 2 is 2.10 bits per heavy atom. The van der Waals surface area contributed by atoms with Gasteiger partial charge in [-0.2, -0.15) is 0 Å². The van der Waals surface area contributed by atoms with Gasteiger partial charge in [0.15, 0.2) is 0 Å². The largest absolute Gasteiger partial charge is 0.397 e. The number of hydrogen-bond acceptors (Lipinski definition) is 3. The van der Waals surface area contributed by atoms with Crippen molar-refractivity contribution in [2.75, 3.05) is 22.6 Å². The molecule has 0 bridgehead atoms. The fraction of sp³-hybridized carbons (Fsp3) is 0.533. The lowest BCUT2D eigenvalue weighted by atomic mass is 10.1. The Labute approximate surface area is 122 Å². The van der Waals surface area contributed by atoms with Crippen LogP contribution in [0.5, 0.6) is 0 Å². The van der Waals surface area contributed by atoms with Gasteiger partial charge in [-0.3, -0.25) is 9.00 Å². The van der Waals surface area contributed by atoms with Crippen molar-refractivity contribution < 1.29 is 9.00 Å². The van der Waals surface area contributed by atoms with Crippen LogP contribution in [0.2, 0.25) is 0 Å². The molecule has 0 saturated heterocycles. The van der Waals surface area contributed by atoms with E-state index in [1.807, 2.05) is 19.1 Å². The van der Waals surface area contributed by atoms with E-state index in [1.54, 1.807) is 6.07 Å². The molecule has 0 radical (unpaired) electrons. The number of rotatable bonds is 5. The molecule has 110 valence electrons. The number of carbonyl (C=O) groups is 1. The van der Waals surface area contributed by atoms with Crippen LogP contribution in [0.3, 0.4) is 0 Å². The maximum atomic E-state index is 12.0. The van der Waals surface area contributed by atoms with E-state index in [0.29, 0.717) is 23.0 Å². The van der Waals surface area contributed by atoms with Crippen molar-refractivity contribution in [1.29, 1.82) is 0 Å². The molecule has 0 heterocycles. The fourth-order valence-electron chi connectivity index (χ4n) is 2.68.